The zero-order chi connectivity index (χ0) is 26.9. The van der Waals surface area contributed by atoms with Crippen LogP contribution in [-0.4, -0.2) is 30.1 Å². The van der Waals surface area contributed by atoms with Crippen LogP contribution in [0.15, 0.2) is 78.9 Å². The van der Waals surface area contributed by atoms with E-state index in [9.17, 15) is 14.7 Å². The highest BCUT2D eigenvalue weighted by Gasteiger charge is 2.23. The molecule has 3 aromatic rings. The standard InChI is InChI=1S/C32H38N2O4/c1-23(2)21-28(27-13-7-8-14-29(27)34-19-9-4-10-20-34)33-30(35)22-24-15-17-26(18-16-24)38-31(32(36)37)25-11-5-3-6-12-25/h3,5-8,11-18,23,28,31H,4,9-10,19-22H2,1-2H3,(H,33,35)(H,36,37). The number of carbonyl (C=O) groups is 2. The Balaban J connectivity index is 1.43. The zero-order valence-corrected chi connectivity index (χ0v) is 22.3. The minimum Gasteiger partial charge on any atom is -0.478 e. The molecule has 0 aromatic heterocycles. The molecule has 4 rings (SSSR count). The van der Waals surface area contributed by atoms with E-state index in [-0.39, 0.29) is 18.4 Å². The first-order valence-electron chi connectivity index (χ1n) is 13.6. The number of hydrogen-bond donors (Lipinski definition) is 2. The van der Waals surface area contributed by atoms with Crippen LogP contribution >= 0.6 is 0 Å². The summed E-state index contributed by atoms with van der Waals surface area (Å²) in [5.41, 5.74) is 3.82. The fourth-order valence-corrected chi connectivity index (χ4v) is 5.08. The SMILES string of the molecule is CC(C)CC(NC(=O)Cc1ccc(OC(C(=O)O)c2ccccc2)cc1)c1ccccc1N1CCCCC1. The van der Waals surface area contributed by atoms with Gasteiger partial charge in [0.15, 0.2) is 0 Å². The van der Waals surface area contributed by atoms with Gasteiger partial charge in [0.05, 0.1) is 12.5 Å². The van der Waals surface area contributed by atoms with E-state index in [4.69, 9.17) is 4.74 Å². The number of carbonyl (C=O) groups excluding carboxylic acids is 1. The predicted octanol–water partition coefficient (Wildman–Crippen LogP) is 6.33. The van der Waals surface area contributed by atoms with Crippen LogP contribution in [0, 0.1) is 5.92 Å². The van der Waals surface area contributed by atoms with Crippen molar-refractivity contribution in [3.63, 3.8) is 0 Å². The van der Waals surface area contributed by atoms with Crippen molar-refractivity contribution in [3.8, 4) is 5.75 Å². The lowest BCUT2D eigenvalue weighted by atomic mass is 9.94. The second-order valence-corrected chi connectivity index (χ2v) is 10.4. The van der Waals surface area contributed by atoms with E-state index in [1.54, 1.807) is 36.4 Å². The summed E-state index contributed by atoms with van der Waals surface area (Å²) in [6.45, 7) is 6.48. The maximum atomic E-state index is 13.2. The molecule has 0 aliphatic carbocycles. The number of amides is 1. The summed E-state index contributed by atoms with van der Waals surface area (Å²) < 4.78 is 5.75. The number of ether oxygens (including phenoxy) is 1. The first-order chi connectivity index (χ1) is 18.4. The quantitative estimate of drug-likeness (QED) is 0.313. The van der Waals surface area contributed by atoms with Gasteiger partial charge in [-0.05, 0) is 60.9 Å². The summed E-state index contributed by atoms with van der Waals surface area (Å²) in [4.78, 5) is 27.4. The molecule has 2 N–H and O–H groups in total. The number of carboxylic acid groups (broad SMARTS) is 1. The molecule has 1 fully saturated rings. The first-order valence-corrected chi connectivity index (χ1v) is 13.6. The Morgan fingerprint density at radius 1 is 0.895 bits per heavy atom. The second-order valence-electron chi connectivity index (χ2n) is 10.4. The molecule has 38 heavy (non-hydrogen) atoms. The summed E-state index contributed by atoms with van der Waals surface area (Å²) in [5, 5.41) is 12.9. The average molecular weight is 515 g/mol. The van der Waals surface area contributed by atoms with Crippen molar-refractivity contribution in [2.75, 3.05) is 18.0 Å². The van der Waals surface area contributed by atoms with Crippen molar-refractivity contribution >= 4 is 17.6 Å². The van der Waals surface area contributed by atoms with Gasteiger partial charge in [0.1, 0.15) is 5.75 Å². The van der Waals surface area contributed by atoms with Crippen LogP contribution in [0.25, 0.3) is 0 Å². The van der Waals surface area contributed by atoms with Crippen LogP contribution in [-0.2, 0) is 16.0 Å². The van der Waals surface area contributed by atoms with Crippen molar-refractivity contribution in [1.82, 2.24) is 5.32 Å². The van der Waals surface area contributed by atoms with E-state index in [1.807, 2.05) is 18.2 Å². The van der Waals surface area contributed by atoms with Gasteiger partial charge in [-0.15, -0.1) is 0 Å². The molecule has 6 nitrogen and oxygen atoms in total. The van der Waals surface area contributed by atoms with Crippen molar-refractivity contribution in [2.45, 2.75) is 58.1 Å². The molecule has 0 radical (unpaired) electrons. The van der Waals surface area contributed by atoms with Crippen molar-refractivity contribution in [3.05, 3.63) is 95.6 Å². The lowest BCUT2D eigenvalue weighted by molar-refractivity contribution is -0.145. The molecule has 2 unspecified atom stereocenters. The van der Waals surface area contributed by atoms with E-state index in [0.717, 1.165) is 25.1 Å². The normalized spacial score (nSPS) is 15.1. The molecular weight excluding hydrogens is 476 g/mol. The van der Waals surface area contributed by atoms with Gasteiger partial charge >= 0.3 is 5.97 Å². The third kappa shape index (κ3) is 7.37. The molecule has 0 spiro atoms. The van der Waals surface area contributed by atoms with Crippen LogP contribution in [0.5, 0.6) is 5.75 Å². The van der Waals surface area contributed by atoms with Gasteiger partial charge in [-0.25, -0.2) is 4.79 Å². The molecule has 0 saturated carbocycles. The van der Waals surface area contributed by atoms with Gasteiger partial charge in [0.25, 0.3) is 0 Å². The zero-order valence-electron chi connectivity index (χ0n) is 22.3. The maximum absolute atomic E-state index is 13.2. The Kier molecular flexibility index (Phi) is 9.41. The largest absolute Gasteiger partial charge is 0.478 e. The summed E-state index contributed by atoms with van der Waals surface area (Å²) in [6.07, 6.45) is 3.68. The molecule has 2 atom stereocenters. The number of piperidine rings is 1. The summed E-state index contributed by atoms with van der Waals surface area (Å²) in [7, 11) is 0. The number of carboxylic acids is 1. The van der Waals surface area contributed by atoms with Crippen LogP contribution in [0.4, 0.5) is 5.69 Å². The van der Waals surface area contributed by atoms with E-state index in [2.05, 4.69) is 48.3 Å². The third-order valence-corrected chi connectivity index (χ3v) is 6.92. The highest BCUT2D eigenvalue weighted by Crippen LogP contribution is 2.32. The molecule has 1 aliphatic heterocycles. The molecule has 1 heterocycles. The first kappa shape index (κ1) is 27.2. The van der Waals surface area contributed by atoms with Crippen LogP contribution < -0.4 is 15.0 Å². The van der Waals surface area contributed by atoms with E-state index < -0.39 is 12.1 Å². The number of nitrogens with one attached hydrogen (secondary N) is 1. The van der Waals surface area contributed by atoms with Gasteiger partial charge in [-0.2, -0.15) is 0 Å². The molecule has 1 saturated heterocycles. The van der Waals surface area contributed by atoms with E-state index in [1.165, 1.54) is 30.5 Å². The van der Waals surface area contributed by atoms with Crippen LogP contribution in [0.3, 0.4) is 0 Å². The Labute approximate surface area is 225 Å². The fraction of sp³-hybridized carbons (Fsp3) is 0.375. The monoisotopic (exact) mass is 514 g/mol. The van der Waals surface area contributed by atoms with E-state index >= 15 is 0 Å². The minimum atomic E-state index is -1.10. The Morgan fingerprint density at radius 2 is 1.55 bits per heavy atom. The minimum absolute atomic E-state index is 0.0366. The summed E-state index contributed by atoms with van der Waals surface area (Å²) >= 11 is 0. The molecule has 3 aromatic carbocycles. The average Bonchev–Trinajstić information content (AvgIpc) is 2.93. The topological polar surface area (TPSA) is 78.9 Å². The van der Waals surface area contributed by atoms with Crippen LogP contribution in [0.1, 0.15) is 68.4 Å². The van der Waals surface area contributed by atoms with Gasteiger partial charge in [0, 0.05) is 24.3 Å². The highest BCUT2D eigenvalue weighted by molar-refractivity contribution is 5.79. The molecule has 0 bridgehead atoms. The number of rotatable bonds is 11. The molecule has 1 amide bonds. The van der Waals surface area contributed by atoms with Gasteiger partial charge in [0.2, 0.25) is 12.0 Å². The number of aliphatic carboxylic acids is 1. The number of benzene rings is 3. The summed E-state index contributed by atoms with van der Waals surface area (Å²) in [6, 6.07) is 24.3. The Bertz CT molecular complexity index is 1190. The predicted molar refractivity (Wildman–Crippen MR) is 150 cm³/mol. The number of hydrogen-bond acceptors (Lipinski definition) is 4. The molecule has 1 aliphatic rings. The van der Waals surface area contributed by atoms with Gasteiger partial charge in [-0.3, -0.25) is 4.79 Å². The number of anilines is 1. The van der Waals surface area contributed by atoms with Gasteiger partial charge in [-0.1, -0.05) is 74.5 Å². The third-order valence-electron chi connectivity index (χ3n) is 6.92. The van der Waals surface area contributed by atoms with Crippen molar-refractivity contribution in [1.29, 1.82) is 0 Å². The smallest absolute Gasteiger partial charge is 0.349 e. The Morgan fingerprint density at radius 3 is 2.21 bits per heavy atom. The van der Waals surface area contributed by atoms with Crippen LogP contribution in [0.2, 0.25) is 0 Å². The number of nitrogens with zero attached hydrogens (tertiary/aromatic N) is 1. The molecule has 6 heteroatoms. The van der Waals surface area contributed by atoms with Crippen molar-refractivity contribution in [2.24, 2.45) is 5.92 Å². The van der Waals surface area contributed by atoms with Gasteiger partial charge < -0.3 is 20.1 Å². The Hall–Kier alpha value is -3.80. The lowest BCUT2D eigenvalue weighted by Crippen LogP contribution is -2.34. The van der Waals surface area contributed by atoms with E-state index in [0.29, 0.717) is 17.2 Å². The fourth-order valence-electron chi connectivity index (χ4n) is 5.08. The molecule has 200 valence electrons. The lowest BCUT2D eigenvalue weighted by Gasteiger charge is -2.33. The second kappa shape index (κ2) is 13.1. The molecular formula is C32H38N2O4. The highest BCUT2D eigenvalue weighted by atomic mass is 16.5. The maximum Gasteiger partial charge on any atom is 0.349 e. The summed E-state index contributed by atoms with van der Waals surface area (Å²) in [5.74, 6) is -0.220. The number of para-hydroxylation sites is 1. The van der Waals surface area contributed by atoms with Crippen molar-refractivity contribution < 1.29 is 19.4 Å².